The third-order valence-corrected chi connectivity index (χ3v) is 5.03. The molecule has 0 amide bonds. The van der Waals surface area contributed by atoms with Crippen LogP contribution in [0, 0.1) is 11.8 Å². The van der Waals surface area contributed by atoms with Gasteiger partial charge in [-0.05, 0) is 48.8 Å². The molecule has 1 aliphatic heterocycles. The molecule has 1 atom stereocenters. The maximum absolute atomic E-state index is 5.78. The monoisotopic (exact) mass is 274 g/mol. The van der Waals surface area contributed by atoms with E-state index in [4.69, 9.17) is 4.74 Å². The Bertz CT molecular complexity index is 236. The van der Waals surface area contributed by atoms with Gasteiger partial charge < -0.3 is 4.74 Å². The van der Waals surface area contributed by atoms with Crippen LogP contribution >= 0.6 is 23.5 Å². The molecule has 1 nitrogen and oxygen atoms in total. The summed E-state index contributed by atoms with van der Waals surface area (Å²) in [5.74, 6) is 3.97. The summed E-state index contributed by atoms with van der Waals surface area (Å²) in [4.78, 5) is 1.58. The fraction of sp³-hybridized carbons (Fsp3) is 0.857. The SMILES string of the molecule is CC(C)CC(COC(C)C)CSC1=CSCC1. The summed E-state index contributed by atoms with van der Waals surface area (Å²) in [7, 11) is 0. The zero-order valence-corrected chi connectivity index (χ0v) is 13.2. The van der Waals surface area contributed by atoms with Crippen LogP contribution in [0.1, 0.15) is 40.5 Å². The van der Waals surface area contributed by atoms with Gasteiger partial charge in [-0.3, -0.25) is 0 Å². The Labute approximate surface area is 115 Å². The predicted molar refractivity (Wildman–Crippen MR) is 81.6 cm³/mol. The molecule has 0 N–H and O–H groups in total. The van der Waals surface area contributed by atoms with E-state index in [9.17, 15) is 0 Å². The normalized spacial score (nSPS) is 17.9. The van der Waals surface area contributed by atoms with Crippen molar-refractivity contribution < 1.29 is 4.74 Å². The van der Waals surface area contributed by atoms with Crippen LogP contribution in [0.5, 0.6) is 0 Å². The summed E-state index contributed by atoms with van der Waals surface area (Å²) < 4.78 is 5.78. The van der Waals surface area contributed by atoms with E-state index in [2.05, 4.69) is 33.1 Å². The molecule has 0 aromatic carbocycles. The number of ether oxygens (including phenoxy) is 1. The molecule has 0 aromatic heterocycles. The summed E-state index contributed by atoms with van der Waals surface area (Å²) in [5.41, 5.74) is 0. The first-order valence-corrected chi connectivity index (χ1v) is 8.66. The third-order valence-electron chi connectivity index (χ3n) is 2.66. The second-order valence-corrected chi connectivity index (χ2v) is 7.52. The molecule has 0 fully saturated rings. The molecule has 17 heavy (non-hydrogen) atoms. The molecule has 0 saturated heterocycles. The molecule has 1 heterocycles. The summed E-state index contributed by atoms with van der Waals surface area (Å²) in [6, 6.07) is 0. The van der Waals surface area contributed by atoms with Crippen molar-refractivity contribution in [3.05, 3.63) is 10.3 Å². The van der Waals surface area contributed by atoms with Gasteiger partial charge in [-0.2, -0.15) is 0 Å². The van der Waals surface area contributed by atoms with Gasteiger partial charge >= 0.3 is 0 Å². The van der Waals surface area contributed by atoms with Crippen LogP contribution in [0.4, 0.5) is 0 Å². The molecule has 0 bridgehead atoms. The van der Waals surface area contributed by atoms with Gasteiger partial charge in [0.05, 0.1) is 12.7 Å². The van der Waals surface area contributed by atoms with Crippen LogP contribution < -0.4 is 0 Å². The lowest BCUT2D eigenvalue weighted by atomic mass is 10.00. The van der Waals surface area contributed by atoms with Crippen LogP contribution in [0.2, 0.25) is 0 Å². The molecular weight excluding hydrogens is 248 g/mol. The zero-order valence-electron chi connectivity index (χ0n) is 11.6. The van der Waals surface area contributed by atoms with Crippen molar-refractivity contribution in [3.8, 4) is 0 Å². The molecule has 1 rings (SSSR count). The maximum Gasteiger partial charge on any atom is 0.0519 e. The fourth-order valence-corrected chi connectivity index (χ4v) is 4.17. The van der Waals surface area contributed by atoms with Crippen molar-refractivity contribution in [2.45, 2.75) is 46.6 Å². The van der Waals surface area contributed by atoms with E-state index in [0.29, 0.717) is 12.0 Å². The number of allylic oxidation sites excluding steroid dienone is 1. The van der Waals surface area contributed by atoms with Gasteiger partial charge in [0.2, 0.25) is 0 Å². The Kier molecular flexibility index (Phi) is 7.72. The van der Waals surface area contributed by atoms with Gasteiger partial charge in [-0.15, -0.1) is 23.5 Å². The molecule has 3 heteroatoms. The van der Waals surface area contributed by atoms with Crippen molar-refractivity contribution in [3.63, 3.8) is 0 Å². The lowest BCUT2D eigenvalue weighted by Crippen LogP contribution is -2.17. The predicted octanol–water partition coefficient (Wildman–Crippen LogP) is 4.79. The summed E-state index contributed by atoms with van der Waals surface area (Å²) >= 11 is 4.00. The van der Waals surface area contributed by atoms with E-state index in [1.807, 2.05) is 23.5 Å². The maximum atomic E-state index is 5.78. The van der Waals surface area contributed by atoms with Crippen LogP contribution in [-0.2, 0) is 4.74 Å². The first-order valence-electron chi connectivity index (χ1n) is 6.63. The Morgan fingerprint density at radius 3 is 2.65 bits per heavy atom. The smallest absolute Gasteiger partial charge is 0.0519 e. The Morgan fingerprint density at radius 1 is 1.35 bits per heavy atom. The highest BCUT2D eigenvalue weighted by Gasteiger charge is 2.14. The minimum Gasteiger partial charge on any atom is -0.378 e. The van der Waals surface area contributed by atoms with E-state index >= 15 is 0 Å². The average molecular weight is 274 g/mol. The number of hydrogen-bond acceptors (Lipinski definition) is 3. The number of hydrogen-bond donors (Lipinski definition) is 0. The van der Waals surface area contributed by atoms with Gasteiger partial charge in [0.1, 0.15) is 0 Å². The number of thioether (sulfide) groups is 2. The number of rotatable bonds is 8. The summed E-state index contributed by atoms with van der Waals surface area (Å²) in [6.45, 7) is 9.77. The first kappa shape index (κ1) is 15.5. The molecule has 0 aliphatic carbocycles. The lowest BCUT2D eigenvalue weighted by Gasteiger charge is -2.20. The minimum absolute atomic E-state index is 0.357. The molecule has 100 valence electrons. The minimum atomic E-state index is 0.357. The Hall–Kier alpha value is 0.400. The van der Waals surface area contributed by atoms with Crippen LogP contribution in [0.15, 0.2) is 10.3 Å². The topological polar surface area (TPSA) is 9.23 Å². The van der Waals surface area contributed by atoms with Crippen molar-refractivity contribution in [2.75, 3.05) is 18.1 Å². The van der Waals surface area contributed by atoms with E-state index in [0.717, 1.165) is 12.5 Å². The second kappa shape index (κ2) is 8.49. The van der Waals surface area contributed by atoms with E-state index < -0.39 is 0 Å². The summed E-state index contributed by atoms with van der Waals surface area (Å²) in [5, 5.41) is 2.33. The lowest BCUT2D eigenvalue weighted by molar-refractivity contribution is 0.0516. The Balaban J connectivity index is 2.28. The highest BCUT2D eigenvalue weighted by atomic mass is 32.2. The molecule has 1 aliphatic rings. The van der Waals surface area contributed by atoms with E-state index in [1.165, 1.54) is 24.3 Å². The van der Waals surface area contributed by atoms with Crippen molar-refractivity contribution in [2.24, 2.45) is 11.8 Å². The van der Waals surface area contributed by atoms with Gasteiger partial charge in [-0.25, -0.2) is 0 Å². The van der Waals surface area contributed by atoms with E-state index in [1.54, 1.807) is 4.91 Å². The van der Waals surface area contributed by atoms with Gasteiger partial charge in [0, 0.05) is 11.5 Å². The van der Waals surface area contributed by atoms with Crippen LogP contribution in [0.25, 0.3) is 0 Å². The van der Waals surface area contributed by atoms with Crippen molar-refractivity contribution in [1.29, 1.82) is 0 Å². The van der Waals surface area contributed by atoms with Crippen LogP contribution in [-0.4, -0.2) is 24.2 Å². The molecule has 0 aromatic rings. The van der Waals surface area contributed by atoms with Crippen molar-refractivity contribution in [1.82, 2.24) is 0 Å². The zero-order chi connectivity index (χ0) is 12.7. The molecule has 1 unspecified atom stereocenters. The molecular formula is C14H26OS2. The Morgan fingerprint density at radius 2 is 2.12 bits per heavy atom. The largest absolute Gasteiger partial charge is 0.378 e. The second-order valence-electron chi connectivity index (χ2n) is 5.39. The standard InChI is InChI=1S/C14H26OS2/c1-11(2)7-13(8-15-12(3)4)9-17-14-5-6-16-10-14/h10-13H,5-9H2,1-4H3. The quantitative estimate of drug-likeness (QED) is 0.630. The van der Waals surface area contributed by atoms with Crippen molar-refractivity contribution >= 4 is 23.5 Å². The third kappa shape index (κ3) is 7.43. The van der Waals surface area contributed by atoms with E-state index in [-0.39, 0.29) is 0 Å². The first-order chi connectivity index (χ1) is 8.08. The molecule has 0 spiro atoms. The summed E-state index contributed by atoms with van der Waals surface area (Å²) in [6.07, 6.45) is 2.91. The highest BCUT2D eigenvalue weighted by molar-refractivity contribution is 8.07. The molecule has 0 radical (unpaired) electrons. The van der Waals surface area contributed by atoms with Gasteiger partial charge in [0.15, 0.2) is 0 Å². The molecule has 0 saturated carbocycles. The van der Waals surface area contributed by atoms with Crippen LogP contribution in [0.3, 0.4) is 0 Å². The fourth-order valence-electron chi connectivity index (χ4n) is 1.88. The van der Waals surface area contributed by atoms with Gasteiger partial charge in [0.25, 0.3) is 0 Å². The average Bonchev–Trinajstić information content (AvgIpc) is 2.74. The van der Waals surface area contributed by atoms with Gasteiger partial charge in [-0.1, -0.05) is 13.8 Å². The highest BCUT2D eigenvalue weighted by Crippen LogP contribution is 2.33.